The Kier molecular flexibility index (Phi) is 7.35. The van der Waals surface area contributed by atoms with Crippen LogP contribution < -0.4 is 5.01 Å². The lowest BCUT2D eigenvalue weighted by atomic mass is 9.96. The van der Waals surface area contributed by atoms with E-state index in [9.17, 15) is 0 Å². The van der Waals surface area contributed by atoms with E-state index in [0.29, 0.717) is 17.4 Å². The van der Waals surface area contributed by atoms with Crippen molar-refractivity contribution in [1.29, 1.82) is 0 Å². The van der Waals surface area contributed by atoms with Crippen molar-refractivity contribution in [2.24, 2.45) is 5.10 Å². The fraction of sp³-hybridized carbons (Fsp3) is 0.100. The minimum atomic E-state index is -0.214. The Hall–Kier alpha value is -5.59. The molecule has 0 fully saturated rings. The first-order valence-electron chi connectivity index (χ1n) is 15.7. The molecule has 0 bridgehead atoms. The van der Waals surface area contributed by atoms with Gasteiger partial charge in [0.05, 0.1) is 34.3 Å². The van der Waals surface area contributed by atoms with Crippen LogP contribution in [0.4, 0.5) is 5.95 Å². The van der Waals surface area contributed by atoms with Gasteiger partial charge in [0.15, 0.2) is 0 Å². The van der Waals surface area contributed by atoms with Crippen LogP contribution in [0.5, 0.6) is 0 Å². The molecular weight excluding hydrogens is 600 g/mol. The molecule has 228 valence electrons. The zero-order valence-electron chi connectivity index (χ0n) is 26.0. The summed E-state index contributed by atoms with van der Waals surface area (Å²) in [7, 11) is 0. The molecule has 8 rings (SSSR count). The Labute approximate surface area is 278 Å². The summed E-state index contributed by atoms with van der Waals surface area (Å²) in [5, 5.41) is 14.0. The lowest BCUT2D eigenvalue weighted by Crippen LogP contribution is -2.21. The van der Waals surface area contributed by atoms with Crippen LogP contribution in [0.1, 0.15) is 34.7 Å². The number of aryl methyl sites for hydroxylation is 2. The van der Waals surface area contributed by atoms with Gasteiger partial charge >= 0.3 is 0 Å². The van der Waals surface area contributed by atoms with Gasteiger partial charge < -0.3 is 0 Å². The van der Waals surface area contributed by atoms with Gasteiger partial charge in [-0.15, -0.1) is 0 Å². The van der Waals surface area contributed by atoms with Crippen LogP contribution in [-0.4, -0.2) is 25.5 Å². The van der Waals surface area contributed by atoms with Crippen LogP contribution in [0, 0.1) is 13.8 Å². The second kappa shape index (κ2) is 12.0. The summed E-state index contributed by atoms with van der Waals surface area (Å²) in [4.78, 5) is 10.3. The maximum absolute atomic E-state index is 6.49. The van der Waals surface area contributed by atoms with Crippen LogP contribution >= 0.6 is 11.6 Å². The Balaban J connectivity index is 1.34. The van der Waals surface area contributed by atoms with E-state index in [4.69, 9.17) is 31.8 Å². The molecule has 0 radical (unpaired) electrons. The standard InChI is InChI=1S/C40H31ClN6/c1-26-13-17-28(18-14-26)36-24-37(34-25-46(32-11-7-4-8-12-32)45-39(34)30-19-15-27(2)16-20-30)47(44-36)40-42-35-22-21-31(41)23-33(35)38(43-40)29-9-5-3-6-10-29/h3-23,25,37H,24H2,1-2H3/t37-/m0/s1. The molecule has 1 atom stereocenters. The summed E-state index contributed by atoms with van der Waals surface area (Å²) in [5.41, 5.74) is 11.0. The van der Waals surface area contributed by atoms with E-state index in [1.165, 1.54) is 11.1 Å². The number of rotatable bonds is 6. The van der Waals surface area contributed by atoms with Crippen molar-refractivity contribution in [2.45, 2.75) is 26.3 Å². The molecule has 6 nitrogen and oxygen atoms in total. The summed E-state index contributed by atoms with van der Waals surface area (Å²) in [6.07, 6.45) is 2.79. The Bertz CT molecular complexity index is 2240. The molecule has 0 amide bonds. The maximum atomic E-state index is 6.49. The zero-order chi connectivity index (χ0) is 31.9. The summed E-state index contributed by atoms with van der Waals surface area (Å²) >= 11 is 6.49. The van der Waals surface area contributed by atoms with Gasteiger partial charge in [-0.25, -0.2) is 19.7 Å². The van der Waals surface area contributed by atoms with Gasteiger partial charge in [-0.1, -0.05) is 120 Å². The molecule has 2 aromatic heterocycles. The monoisotopic (exact) mass is 630 g/mol. The lowest BCUT2D eigenvalue weighted by molar-refractivity contribution is 0.690. The zero-order valence-corrected chi connectivity index (χ0v) is 26.8. The number of aromatic nitrogens is 4. The van der Waals surface area contributed by atoms with Crippen LogP contribution in [0.15, 0.2) is 139 Å². The van der Waals surface area contributed by atoms with Gasteiger partial charge in [0, 0.05) is 39.7 Å². The molecule has 7 aromatic rings. The van der Waals surface area contributed by atoms with E-state index < -0.39 is 0 Å². The molecule has 0 aliphatic carbocycles. The van der Waals surface area contributed by atoms with Gasteiger partial charge in [0.1, 0.15) is 0 Å². The molecule has 0 spiro atoms. The second-order valence-corrected chi connectivity index (χ2v) is 12.4. The molecular formula is C40H31ClN6. The van der Waals surface area contributed by atoms with E-state index in [0.717, 1.165) is 55.9 Å². The summed E-state index contributed by atoms with van der Waals surface area (Å²) in [6.45, 7) is 4.20. The third kappa shape index (κ3) is 5.58. The second-order valence-electron chi connectivity index (χ2n) is 12.0. The molecule has 0 N–H and O–H groups in total. The van der Waals surface area contributed by atoms with Crippen molar-refractivity contribution in [1.82, 2.24) is 19.7 Å². The Morgan fingerprint density at radius 2 is 1.30 bits per heavy atom. The number of hydrogen-bond donors (Lipinski definition) is 0. The highest BCUT2D eigenvalue weighted by Crippen LogP contribution is 2.41. The number of benzene rings is 5. The SMILES string of the molecule is Cc1ccc(C2=NN(c3nc(-c4ccccc4)c4cc(Cl)ccc4n3)[C@H](c3cn(-c4ccccc4)nc3-c3ccc(C)cc3)C2)cc1. The van der Waals surface area contributed by atoms with Crippen LogP contribution in [-0.2, 0) is 0 Å². The highest BCUT2D eigenvalue weighted by molar-refractivity contribution is 6.31. The topological polar surface area (TPSA) is 59.2 Å². The third-order valence-corrected chi connectivity index (χ3v) is 8.88. The molecule has 0 unspecified atom stereocenters. The average Bonchev–Trinajstić information content (AvgIpc) is 3.75. The molecule has 5 aromatic carbocycles. The first kappa shape index (κ1) is 28.9. The van der Waals surface area contributed by atoms with E-state index in [1.807, 2.05) is 64.3 Å². The highest BCUT2D eigenvalue weighted by Gasteiger charge is 2.35. The third-order valence-electron chi connectivity index (χ3n) is 8.64. The minimum Gasteiger partial charge on any atom is -0.240 e. The van der Waals surface area contributed by atoms with Crippen molar-refractivity contribution >= 4 is 34.2 Å². The first-order valence-corrected chi connectivity index (χ1v) is 16.1. The number of halogens is 1. The van der Waals surface area contributed by atoms with Crippen LogP contribution in [0.2, 0.25) is 5.02 Å². The first-order chi connectivity index (χ1) is 23.0. The predicted molar refractivity (Wildman–Crippen MR) is 191 cm³/mol. The predicted octanol–water partition coefficient (Wildman–Crippen LogP) is 9.78. The molecule has 1 aliphatic heterocycles. The van der Waals surface area contributed by atoms with Crippen molar-refractivity contribution in [3.63, 3.8) is 0 Å². The van der Waals surface area contributed by atoms with E-state index in [1.54, 1.807) is 0 Å². The highest BCUT2D eigenvalue weighted by atomic mass is 35.5. The minimum absolute atomic E-state index is 0.214. The fourth-order valence-corrected chi connectivity index (χ4v) is 6.32. The van der Waals surface area contributed by atoms with Crippen molar-refractivity contribution in [3.8, 4) is 28.2 Å². The van der Waals surface area contributed by atoms with Crippen molar-refractivity contribution < 1.29 is 0 Å². The number of fused-ring (bicyclic) bond motifs is 1. The summed E-state index contributed by atoms with van der Waals surface area (Å²) in [5.74, 6) is 0.521. The van der Waals surface area contributed by atoms with E-state index in [-0.39, 0.29) is 6.04 Å². The summed E-state index contributed by atoms with van der Waals surface area (Å²) < 4.78 is 1.96. The molecule has 0 saturated heterocycles. The number of anilines is 1. The number of hydrogen-bond acceptors (Lipinski definition) is 5. The van der Waals surface area contributed by atoms with Gasteiger partial charge in [0.25, 0.3) is 0 Å². The average molecular weight is 631 g/mol. The maximum Gasteiger partial charge on any atom is 0.247 e. The number of hydrazone groups is 1. The van der Waals surface area contributed by atoms with Crippen molar-refractivity contribution in [2.75, 3.05) is 5.01 Å². The van der Waals surface area contributed by atoms with Gasteiger partial charge in [-0.3, -0.25) is 0 Å². The smallest absolute Gasteiger partial charge is 0.240 e. The number of nitrogens with zero attached hydrogens (tertiary/aromatic N) is 6. The number of para-hydroxylation sites is 1. The van der Waals surface area contributed by atoms with Gasteiger partial charge in [-0.2, -0.15) is 10.2 Å². The van der Waals surface area contributed by atoms with E-state index >= 15 is 0 Å². The van der Waals surface area contributed by atoms with Gasteiger partial charge in [0.2, 0.25) is 5.95 Å². The normalized spacial score (nSPS) is 14.5. The summed E-state index contributed by atoms with van der Waals surface area (Å²) in [6, 6.07) is 43.0. The largest absolute Gasteiger partial charge is 0.247 e. The Morgan fingerprint density at radius 1 is 0.660 bits per heavy atom. The molecule has 1 aliphatic rings. The van der Waals surface area contributed by atoms with Crippen LogP contribution in [0.25, 0.3) is 39.1 Å². The molecule has 0 saturated carbocycles. The Morgan fingerprint density at radius 3 is 2.00 bits per heavy atom. The van der Waals surface area contributed by atoms with Crippen molar-refractivity contribution in [3.05, 3.63) is 161 Å². The molecule has 3 heterocycles. The fourth-order valence-electron chi connectivity index (χ4n) is 6.14. The van der Waals surface area contributed by atoms with Gasteiger partial charge in [-0.05, 0) is 49.7 Å². The molecule has 47 heavy (non-hydrogen) atoms. The van der Waals surface area contributed by atoms with Crippen LogP contribution in [0.3, 0.4) is 0 Å². The lowest BCUT2D eigenvalue weighted by Gasteiger charge is -2.23. The quantitative estimate of drug-likeness (QED) is 0.183. The molecule has 7 heteroatoms. The van der Waals surface area contributed by atoms with E-state index in [2.05, 4.69) is 92.8 Å².